The Morgan fingerprint density at radius 2 is 0.714 bits per heavy atom. The van der Waals surface area contributed by atoms with Gasteiger partial charge in [-0.15, -0.1) is 0 Å². The molecule has 0 amide bonds. The molecule has 0 radical (unpaired) electrons. The molecule has 0 saturated heterocycles. The van der Waals surface area contributed by atoms with Crippen LogP contribution in [0.5, 0.6) is 0 Å². The Labute approximate surface area is 228 Å². The zero-order valence-electron chi connectivity index (χ0n) is 4.67. The third-order valence-corrected chi connectivity index (χ3v) is 0. The molecule has 0 heterocycles. The first-order chi connectivity index (χ1) is 1.73. The Morgan fingerprint density at radius 3 is 0.714 bits per heavy atom. The molecule has 0 spiro atoms. The monoisotopic (exact) mass is 568 g/mol. The third kappa shape index (κ3) is 32.2. The molecule has 0 atom stereocenters. The first kappa shape index (κ1) is 23.6. The van der Waals surface area contributed by atoms with E-state index in [2.05, 4.69) is 0 Å². The van der Waals surface area contributed by atoms with Crippen LogP contribution in [-0.4, -0.2) is 21.5 Å². The van der Waals surface area contributed by atoms with Crippen LogP contribution in [0.2, 0.25) is 0 Å². The van der Waals surface area contributed by atoms with Crippen LogP contribution in [0.1, 0.15) is 0 Å². The molecule has 26 valence electrons. The molecule has 3 nitrogen and oxygen atoms in total. The van der Waals surface area contributed by atoms with Gasteiger partial charge in [0.2, 0.25) is 0 Å². The molecule has 0 aromatic carbocycles. The van der Waals surface area contributed by atoms with Crippen molar-refractivity contribution in [3.8, 4) is 0 Å². The molecular formula is Cs3O3Sb. The molecule has 0 fully saturated rings. The maximum atomic E-state index is 8.60. The van der Waals surface area contributed by atoms with Gasteiger partial charge in [-0.05, 0) is 0 Å². The van der Waals surface area contributed by atoms with Crippen molar-refractivity contribution in [2.24, 2.45) is 0 Å². The van der Waals surface area contributed by atoms with E-state index in [0.717, 1.165) is 0 Å². The fourth-order valence-corrected chi connectivity index (χ4v) is 0. The van der Waals surface area contributed by atoms with Gasteiger partial charge in [0.15, 0.2) is 0 Å². The molecule has 0 aliphatic heterocycles. The van der Waals surface area contributed by atoms with Gasteiger partial charge in [-0.2, -0.15) is 0 Å². The summed E-state index contributed by atoms with van der Waals surface area (Å²) in [6, 6.07) is 0. The van der Waals surface area contributed by atoms with Gasteiger partial charge in [0.05, 0.1) is 0 Å². The number of rotatable bonds is 0. The molecule has 0 rings (SSSR count). The summed E-state index contributed by atoms with van der Waals surface area (Å²) in [7, 11) is 0. The van der Waals surface area contributed by atoms with Crippen LogP contribution < -0.4 is 217 Å². The minimum atomic E-state index is -4.20. The molecule has 0 aliphatic rings. The summed E-state index contributed by atoms with van der Waals surface area (Å²) in [6.45, 7) is 0. The van der Waals surface area contributed by atoms with E-state index < -0.39 is 21.5 Å². The normalized spacial score (nSPS) is 5.14. The molecule has 0 aromatic heterocycles. The van der Waals surface area contributed by atoms with Crippen molar-refractivity contribution in [1.29, 1.82) is 0 Å². The van der Waals surface area contributed by atoms with Crippen LogP contribution in [0, 0.1) is 0 Å². The minimum absolute atomic E-state index is 0. The van der Waals surface area contributed by atoms with Crippen molar-refractivity contribution in [2.75, 3.05) is 0 Å². The van der Waals surface area contributed by atoms with E-state index in [0.29, 0.717) is 0 Å². The van der Waals surface area contributed by atoms with Gasteiger partial charge in [0, 0.05) is 0 Å². The molecule has 0 aromatic rings. The van der Waals surface area contributed by atoms with Gasteiger partial charge in [0.1, 0.15) is 0 Å². The number of hydrogen-bond acceptors (Lipinski definition) is 3. The molecule has 7 heteroatoms. The van der Waals surface area contributed by atoms with Crippen LogP contribution in [0.4, 0.5) is 0 Å². The van der Waals surface area contributed by atoms with E-state index in [4.69, 9.17) is 10.2 Å². The maximum absolute atomic E-state index is 8.60. The van der Waals surface area contributed by atoms with Crippen molar-refractivity contribution < 1.29 is 217 Å². The molecule has 0 N–H and O–H groups in total. The van der Waals surface area contributed by atoms with E-state index in [9.17, 15) is 0 Å². The molecule has 0 bridgehead atoms. The Kier molecular flexibility index (Phi) is 62.6. The zero-order chi connectivity index (χ0) is 3.58. The topological polar surface area (TPSA) is 69.2 Å². The number of hydrogen-bond donors (Lipinski definition) is 0. The Morgan fingerprint density at radius 1 is 0.714 bits per heavy atom. The summed E-state index contributed by atoms with van der Waals surface area (Å²) in [4.78, 5) is 0. The van der Waals surface area contributed by atoms with Crippen molar-refractivity contribution in [2.45, 2.75) is 0 Å². The van der Waals surface area contributed by atoms with Crippen LogP contribution >= 0.6 is 0 Å². The third-order valence-electron chi connectivity index (χ3n) is 0. The summed E-state index contributed by atoms with van der Waals surface area (Å²) in [5, 5.41) is 0. The van der Waals surface area contributed by atoms with Crippen LogP contribution in [-0.2, 0) is 0 Å². The summed E-state index contributed by atoms with van der Waals surface area (Å²) < 4.78 is 25.8. The quantitative estimate of drug-likeness (QED) is 0.273. The Balaban J connectivity index is -0.0000000150. The second kappa shape index (κ2) is 18.6. The van der Waals surface area contributed by atoms with Crippen LogP contribution in [0.3, 0.4) is 0 Å². The van der Waals surface area contributed by atoms with E-state index in [1.54, 1.807) is 0 Å². The first-order valence-electron chi connectivity index (χ1n) is 0.548. The fourth-order valence-electron chi connectivity index (χ4n) is 0. The van der Waals surface area contributed by atoms with Gasteiger partial charge < -0.3 is 0 Å². The van der Waals surface area contributed by atoms with Gasteiger partial charge in [0.25, 0.3) is 0 Å². The summed E-state index contributed by atoms with van der Waals surface area (Å²) in [5.41, 5.74) is 0. The van der Waals surface area contributed by atoms with Crippen molar-refractivity contribution in [1.82, 2.24) is 0 Å². The molecular weight excluding hydrogens is 568 g/mol. The van der Waals surface area contributed by atoms with E-state index in [1.807, 2.05) is 0 Å². The van der Waals surface area contributed by atoms with Crippen molar-refractivity contribution >= 4 is 21.5 Å². The summed E-state index contributed by atoms with van der Waals surface area (Å²) in [6.07, 6.45) is 0. The van der Waals surface area contributed by atoms with Crippen LogP contribution in [0.15, 0.2) is 0 Å². The van der Waals surface area contributed by atoms with E-state index in [-0.39, 0.29) is 207 Å². The molecule has 0 aliphatic carbocycles. The Bertz CT molecular complexity index is 14.9. The second-order valence-corrected chi connectivity index (χ2v) is 1.50. The first-order valence-corrected chi connectivity index (χ1v) is 3.67. The predicted molar refractivity (Wildman–Crippen MR) is 5.75 cm³/mol. The van der Waals surface area contributed by atoms with Crippen molar-refractivity contribution in [3.63, 3.8) is 0 Å². The molecule has 7 heavy (non-hydrogen) atoms. The molecule has 0 unspecified atom stereocenters. The fraction of sp³-hybridized carbons (Fsp3) is 0. The predicted octanol–water partition coefficient (Wildman–Crippen LogP) is -12.9. The Hall–Kier alpha value is 6.85. The summed E-state index contributed by atoms with van der Waals surface area (Å²) in [5.74, 6) is 0. The second-order valence-electron chi connectivity index (χ2n) is 0.224. The zero-order valence-corrected chi connectivity index (χ0v) is 26.1. The van der Waals surface area contributed by atoms with Gasteiger partial charge in [-0.25, -0.2) is 0 Å². The van der Waals surface area contributed by atoms with Gasteiger partial charge in [-0.3, -0.25) is 0 Å². The average molecular weight is 568 g/mol. The SMILES string of the molecule is [Cs+].[Cs+].[Cs+].[O-][Sb]([O-])[O-]. The molecule has 0 saturated carbocycles. The van der Waals surface area contributed by atoms with Gasteiger partial charge >= 0.3 is 238 Å². The standard InChI is InChI=1S/3Cs.3O.Sb/q3*+1;3*-1;. The van der Waals surface area contributed by atoms with E-state index in [1.165, 1.54) is 0 Å². The average Bonchev–Trinajstić information content (AvgIpc) is 0.811. The van der Waals surface area contributed by atoms with Crippen molar-refractivity contribution in [3.05, 3.63) is 0 Å². The van der Waals surface area contributed by atoms with Crippen LogP contribution in [0.25, 0.3) is 0 Å². The summed E-state index contributed by atoms with van der Waals surface area (Å²) >= 11 is -4.20. The van der Waals surface area contributed by atoms with E-state index >= 15 is 0 Å². The van der Waals surface area contributed by atoms with Gasteiger partial charge in [-0.1, -0.05) is 0 Å².